The molecule has 3 N–H and O–H groups in total. The molecule has 0 saturated carbocycles. The minimum atomic E-state index is -0.117. The lowest BCUT2D eigenvalue weighted by molar-refractivity contribution is 0.102. The van der Waals surface area contributed by atoms with Crippen molar-refractivity contribution in [1.82, 2.24) is 9.97 Å². The van der Waals surface area contributed by atoms with Crippen LogP contribution in [0.5, 0.6) is 0 Å². The zero-order chi connectivity index (χ0) is 14.2. The largest absolute Gasteiger partial charge is 0.361 e. The second-order valence-corrected chi connectivity index (χ2v) is 4.98. The number of anilines is 1. The monoisotopic (exact) mass is 275 g/mol. The lowest BCUT2D eigenvalue weighted by atomic mass is 10.1. The molecule has 4 heteroatoms. The third kappa shape index (κ3) is 1.97. The van der Waals surface area contributed by atoms with Crippen LogP contribution in [0.2, 0.25) is 0 Å². The summed E-state index contributed by atoms with van der Waals surface area (Å²) < 4.78 is 0. The number of carbonyl (C=O) groups is 1. The Balaban J connectivity index is 1.70. The van der Waals surface area contributed by atoms with Crippen LogP contribution in [-0.4, -0.2) is 15.9 Å². The smallest absolute Gasteiger partial charge is 0.255 e. The maximum absolute atomic E-state index is 12.4. The van der Waals surface area contributed by atoms with Crippen molar-refractivity contribution in [3.63, 3.8) is 0 Å². The SMILES string of the molecule is O=C(Nc1cccc2cc[nH]c12)c1ccc2cc[nH]c2c1. The van der Waals surface area contributed by atoms with Crippen molar-refractivity contribution in [2.75, 3.05) is 5.32 Å². The molecule has 0 bridgehead atoms. The van der Waals surface area contributed by atoms with Crippen LogP contribution < -0.4 is 5.32 Å². The summed E-state index contributed by atoms with van der Waals surface area (Å²) in [6.45, 7) is 0. The van der Waals surface area contributed by atoms with Crippen LogP contribution in [0.25, 0.3) is 21.8 Å². The van der Waals surface area contributed by atoms with Crippen LogP contribution in [0.3, 0.4) is 0 Å². The summed E-state index contributed by atoms with van der Waals surface area (Å²) in [7, 11) is 0. The van der Waals surface area contributed by atoms with Gasteiger partial charge in [0.05, 0.1) is 11.2 Å². The molecular formula is C17H13N3O. The highest BCUT2D eigenvalue weighted by molar-refractivity contribution is 6.09. The highest BCUT2D eigenvalue weighted by Crippen LogP contribution is 2.22. The molecule has 1 amide bonds. The Morgan fingerprint density at radius 1 is 0.905 bits per heavy atom. The van der Waals surface area contributed by atoms with E-state index < -0.39 is 0 Å². The molecule has 0 aliphatic heterocycles. The molecule has 2 aromatic heterocycles. The molecule has 0 saturated heterocycles. The third-order valence-electron chi connectivity index (χ3n) is 3.65. The first-order valence-electron chi connectivity index (χ1n) is 6.76. The number of fused-ring (bicyclic) bond motifs is 2. The standard InChI is InChI=1S/C17H13N3O/c21-17(13-5-4-11-6-8-18-15(11)10-13)20-14-3-1-2-12-7-9-19-16(12)14/h1-10,18-19H,(H,20,21). The van der Waals surface area contributed by atoms with Crippen LogP contribution in [0.15, 0.2) is 60.9 Å². The Kier molecular flexibility index (Phi) is 2.54. The molecule has 4 rings (SSSR count). The molecule has 0 aliphatic carbocycles. The number of aromatic amines is 2. The van der Waals surface area contributed by atoms with Crippen molar-refractivity contribution in [2.24, 2.45) is 0 Å². The number of rotatable bonds is 2. The van der Waals surface area contributed by atoms with Crippen LogP contribution in [0, 0.1) is 0 Å². The number of benzene rings is 2. The fourth-order valence-electron chi connectivity index (χ4n) is 2.57. The van der Waals surface area contributed by atoms with Gasteiger partial charge in [-0.25, -0.2) is 0 Å². The molecular weight excluding hydrogens is 262 g/mol. The first-order chi connectivity index (χ1) is 10.3. The molecule has 2 aromatic carbocycles. The number of para-hydroxylation sites is 1. The van der Waals surface area contributed by atoms with Gasteiger partial charge in [0.15, 0.2) is 0 Å². The van der Waals surface area contributed by atoms with E-state index in [1.165, 1.54) is 0 Å². The summed E-state index contributed by atoms with van der Waals surface area (Å²) in [5, 5.41) is 5.13. The zero-order valence-corrected chi connectivity index (χ0v) is 11.2. The van der Waals surface area contributed by atoms with Crippen LogP contribution >= 0.6 is 0 Å². The average molecular weight is 275 g/mol. The molecule has 102 valence electrons. The number of carbonyl (C=O) groups excluding carboxylic acids is 1. The summed E-state index contributed by atoms with van der Waals surface area (Å²) >= 11 is 0. The Bertz CT molecular complexity index is 949. The third-order valence-corrected chi connectivity index (χ3v) is 3.65. The summed E-state index contributed by atoms with van der Waals surface area (Å²) in [4.78, 5) is 18.7. The average Bonchev–Trinajstić information content (AvgIpc) is 3.15. The van der Waals surface area contributed by atoms with E-state index in [2.05, 4.69) is 15.3 Å². The molecule has 0 fully saturated rings. The van der Waals surface area contributed by atoms with Crippen molar-refractivity contribution in [1.29, 1.82) is 0 Å². The lowest BCUT2D eigenvalue weighted by Gasteiger charge is -2.07. The normalized spacial score (nSPS) is 11.0. The number of aromatic nitrogens is 2. The number of amides is 1. The van der Waals surface area contributed by atoms with Gasteiger partial charge in [0, 0.05) is 28.9 Å². The Hall–Kier alpha value is -3.01. The molecule has 0 unspecified atom stereocenters. The second kappa shape index (κ2) is 4.52. The number of hydrogen-bond acceptors (Lipinski definition) is 1. The highest BCUT2D eigenvalue weighted by atomic mass is 16.1. The van der Waals surface area contributed by atoms with Gasteiger partial charge in [0.2, 0.25) is 0 Å². The molecule has 21 heavy (non-hydrogen) atoms. The minimum absolute atomic E-state index is 0.117. The lowest BCUT2D eigenvalue weighted by Crippen LogP contribution is -2.12. The van der Waals surface area contributed by atoms with Gasteiger partial charge in [-0.05, 0) is 35.7 Å². The van der Waals surface area contributed by atoms with Crippen LogP contribution in [-0.2, 0) is 0 Å². The summed E-state index contributed by atoms with van der Waals surface area (Å²) in [5.41, 5.74) is 3.31. The van der Waals surface area contributed by atoms with Crippen molar-refractivity contribution < 1.29 is 4.79 Å². The molecule has 0 spiro atoms. The highest BCUT2D eigenvalue weighted by Gasteiger charge is 2.09. The Morgan fingerprint density at radius 3 is 2.71 bits per heavy atom. The second-order valence-electron chi connectivity index (χ2n) is 4.98. The number of H-pyrrole nitrogens is 2. The van der Waals surface area contributed by atoms with Gasteiger partial charge < -0.3 is 15.3 Å². The van der Waals surface area contributed by atoms with E-state index in [4.69, 9.17) is 0 Å². The molecule has 0 aliphatic rings. The fraction of sp³-hybridized carbons (Fsp3) is 0. The first kappa shape index (κ1) is 11.8. The summed E-state index contributed by atoms with van der Waals surface area (Å²) in [6, 6.07) is 15.4. The molecule has 4 nitrogen and oxygen atoms in total. The number of nitrogens with one attached hydrogen (secondary N) is 3. The van der Waals surface area contributed by atoms with Gasteiger partial charge in [-0.15, -0.1) is 0 Å². The van der Waals surface area contributed by atoms with Gasteiger partial charge in [-0.3, -0.25) is 4.79 Å². The van der Waals surface area contributed by atoms with E-state index >= 15 is 0 Å². The minimum Gasteiger partial charge on any atom is -0.361 e. The van der Waals surface area contributed by atoms with E-state index in [1.807, 2.05) is 60.9 Å². The molecule has 0 radical (unpaired) electrons. The van der Waals surface area contributed by atoms with Gasteiger partial charge >= 0.3 is 0 Å². The summed E-state index contributed by atoms with van der Waals surface area (Å²) in [5.74, 6) is -0.117. The summed E-state index contributed by atoms with van der Waals surface area (Å²) in [6.07, 6.45) is 3.73. The van der Waals surface area contributed by atoms with Crippen LogP contribution in [0.4, 0.5) is 5.69 Å². The molecule has 4 aromatic rings. The van der Waals surface area contributed by atoms with Gasteiger partial charge in [-0.1, -0.05) is 18.2 Å². The topological polar surface area (TPSA) is 60.7 Å². The quantitative estimate of drug-likeness (QED) is 0.510. The van der Waals surface area contributed by atoms with E-state index in [9.17, 15) is 4.79 Å². The first-order valence-corrected chi connectivity index (χ1v) is 6.76. The zero-order valence-electron chi connectivity index (χ0n) is 11.2. The fourth-order valence-corrected chi connectivity index (χ4v) is 2.57. The predicted molar refractivity (Wildman–Crippen MR) is 84.6 cm³/mol. The predicted octanol–water partition coefficient (Wildman–Crippen LogP) is 3.90. The van der Waals surface area contributed by atoms with E-state index in [-0.39, 0.29) is 5.91 Å². The van der Waals surface area contributed by atoms with Gasteiger partial charge in [0.1, 0.15) is 0 Å². The molecule has 0 atom stereocenters. The Labute approximate surface area is 120 Å². The number of hydrogen-bond donors (Lipinski definition) is 3. The van der Waals surface area contributed by atoms with Crippen molar-refractivity contribution >= 4 is 33.4 Å². The van der Waals surface area contributed by atoms with Gasteiger partial charge in [0.25, 0.3) is 5.91 Å². The maximum atomic E-state index is 12.4. The van der Waals surface area contributed by atoms with E-state index in [1.54, 1.807) is 0 Å². The van der Waals surface area contributed by atoms with Gasteiger partial charge in [-0.2, -0.15) is 0 Å². The molecule has 2 heterocycles. The van der Waals surface area contributed by atoms with E-state index in [0.717, 1.165) is 27.5 Å². The van der Waals surface area contributed by atoms with Crippen molar-refractivity contribution in [2.45, 2.75) is 0 Å². The maximum Gasteiger partial charge on any atom is 0.255 e. The van der Waals surface area contributed by atoms with Crippen molar-refractivity contribution in [3.05, 3.63) is 66.5 Å². The Morgan fingerprint density at radius 2 is 1.76 bits per heavy atom. The van der Waals surface area contributed by atoms with E-state index in [0.29, 0.717) is 5.56 Å². The van der Waals surface area contributed by atoms with Crippen LogP contribution in [0.1, 0.15) is 10.4 Å². The van der Waals surface area contributed by atoms with Crippen molar-refractivity contribution in [3.8, 4) is 0 Å².